The molecule has 0 amide bonds. The summed E-state index contributed by atoms with van der Waals surface area (Å²) < 4.78 is 0. The minimum Gasteiger partial charge on any atom is -0.368 e. The zero-order valence-electron chi connectivity index (χ0n) is 11.1. The molecule has 98 valence electrons. The molecule has 2 aromatic rings. The van der Waals surface area contributed by atoms with Gasteiger partial charge in [0.2, 0.25) is 5.95 Å². The Morgan fingerprint density at radius 1 is 1.11 bits per heavy atom. The van der Waals surface area contributed by atoms with Crippen LogP contribution in [0.25, 0.3) is 0 Å². The molecule has 0 atom stereocenters. The maximum atomic E-state index is 5.83. The molecule has 4 nitrogen and oxygen atoms in total. The van der Waals surface area contributed by atoms with Crippen molar-refractivity contribution in [2.24, 2.45) is 0 Å². The highest BCUT2D eigenvalue weighted by Gasteiger charge is 2.43. The van der Waals surface area contributed by atoms with Gasteiger partial charge in [0.15, 0.2) is 0 Å². The van der Waals surface area contributed by atoms with Crippen molar-refractivity contribution in [2.45, 2.75) is 38.0 Å². The summed E-state index contributed by atoms with van der Waals surface area (Å²) in [6.45, 7) is 2.04. The van der Waals surface area contributed by atoms with E-state index in [1.807, 2.05) is 13.0 Å². The minimum atomic E-state index is -0.0533. The van der Waals surface area contributed by atoms with Gasteiger partial charge in [0.05, 0.1) is 5.41 Å². The Hall–Kier alpha value is -1.97. The van der Waals surface area contributed by atoms with Gasteiger partial charge in [-0.1, -0.05) is 43.7 Å². The fourth-order valence-electron chi connectivity index (χ4n) is 2.74. The molecule has 1 saturated carbocycles. The molecule has 0 saturated heterocycles. The SMILES string of the molecule is CCc1nc(N)nc(C2(c3ccccc3)CCC2)n1. The summed E-state index contributed by atoms with van der Waals surface area (Å²) in [5.41, 5.74) is 7.06. The molecular weight excluding hydrogens is 236 g/mol. The van der Waals surface area contributed by atoms with Gasteiger partial charge in [0.1, 0.15) is 11.6 Å². The van der Waals surface area contributed by atoms with Crippen LogP contribution in [0.2, 0.25) is 0 Å². The Morgan fingerprint density at radius 3 is 2.42 bits per heavy atom. The molecule has 1 aliphatic carbocycles. The number of aromatic nitrogens is 3. The molecule has 0 radical (unpaired) electrons. The van der Waals surface area contributed by atoms with Gasteiger partial charge in [-0.3, -0.25) is 0 Å². The molecule has 3 rings (SSSR count). The second-order valence-electron chi connectivity index (χ2n) is 5.09. The number of anilines is 1. The molecule has 4 heteroatoms. The quantitative estimate of drug-likeness (QED) is 0.914. The Morgan fingerprint density at radius 2 is 1.84 bits per heavy atom. The largest absolute Gasteiger partial charge is 0.368 e. The van der Waals surface area contributed by atoms with E-state index in [1.165, 1.54) is 12.0 Å². The van der Waals surface area contributed by atoms with Crippen LogP contribution in [0.1, 0.15) is 43.4 Å². The molecule has 19 heavy (non-hydrogen) atoms. The Labute approximate surface area is 113 Å². The first kappa shape index (κ1) is 12.1. The molecule has 0 bridgehead atoms. The number of aryl methyl sites for hydroxylation is 1. The van der Waals surface area contributed by atoms with E-state index in [0.29, 0.717) is 5.95 Å². The maximum Gasteiger partial charge on any atom is 0.223 e. The fraction of sp³-hybridized carbons (Fsp3) is 0.400. The molecule has 1 aliphatic rings. The average molecular weight is 254 g/mol. The van der Waals surface area contributed by atoms with E-state index in [0.717, 1.165) is 30.9 Å². The van der Waals surface area contributed by atoms with Gasteiger partial charge < -0.3 is 5.73 Å². The summed E-state index contributed by atoms with van der Waals surface area (Å²) in [6.07, 6.45) is 4.17. The van der Waals surface area contributed by atoms with Gasteiger partial charge in [-0.2, -0.15) is 9.97 Å². The number of hydrogen-bond donors (Lipinski definition) is 1. The first-order chi connectivity index (χ1) is 9.24. The number of benzene rings is 1. The molecule has 0 spiro atoms. The Balaban J connectivity index is 2.10. The lowest BCUT2D eigenvalue weighted by Crippen LogP contribution is -2.38. The topological polar surface area (TPSA) is 64.7 Å². The number of nitrogens with two attached hydrogens (primary N) is 1. The van der Waals surface area contributed by atoms with Crippen molar-refractivity contribution in [1.29, 1.82) is 0 Å². The van der Waals surface area contributed by atoms with Gasteiger partial charge in [-0.05, 0) is 18.4 Å². The predicted molar refractivity (Wildman–Crippen MR) is 74.7 cm³/mol. The first-order valence-corrected chi connectivity index (χ1v) is 6.81. The van der Waals surface area contributed by atoms with Crippen LogP contribution >= 0.6 is 0 Å². The van der Waals surface area contributed by atoms with Crippen molar-refractivity contribution in [1.82, 2.24) is 15.0 Å². The molecule has 1 fully saturated rings. The zero-order valence-corrected chi connectivity index (χ0v) is 11.1. The van der Waals surface area contributed by atoms with Crippen molar-refractivity contribution in [3.8, 4) is 0 Å². The highest BCUT2D eigenvalue weighted by molar-refractivity contribution is 5.37. The standard InChI is InChI=1S/C15H18N4/c1-2-12-17-13(19-14(16)18-12)15(9-6-10-15)11-7-4-3-5-8-11/h3-5,7-8H,2,6,9-10H2,1H3,(H2,16,17,18,19). The summed E-state index contributed by atoms with van der Waals surface area (Å²) in [7, 11) is 0. The van der Waals surface area contributed by atoms with Crippen LogP contribution in [-0.2, 0) is 11.8 Å². The van der Waals surface area contributed by atoms with Crippen molar-refractivity contribution in [3.63, 3.8) is 0 Å². The van der Waals surface area contributed by atoms with Crippen molar-refractivity contribution in [3.05, 3.63) is 47.5 Å². The summed E-state index contributed by atoms with van der Waals surface area (Å²) >= 11 is 0. The molecule has 1 aromatic carbocycles. The van der Waals surface area contributed by atoms with E-state index in [9.17, 15) is 0 Å². The molecule has 2 N–H and O–H groups in total. The van der Waals surface area contributed by atoms with Gasteiger partial charge >= 0.3 is 0 Å². The average Bonchev–Trinajstić information content (AvgIpc) is 2.38. The van der Waals surface area contributed by atoms with Crippen molar-refractivity contribution >= 4 is 5.95 Å². The molecular formula is C15H18N4. The van der Waals surface area contributed by atoms with Crippen LogP contribution in [0, 0.1) is 0 Å². The van der Waals surface area contributed by atoms with E-state index in [4.69, 9.17) is 5.73 Å². The first-order valence-electron chi connectivity index (χ1n) is 6.81. The van der Waals surface area contributed by atoms with Crippen LogP contribution < -0.4 is 5.73 Å². The molecule has 0 aliphatic heterocycles. The normalized spacial score (nSPS) is 16.9. The lowest BCUT2D eigenvalue weighted by molar-refractivity contribution is 0.284. The van der Waals surface area contributed by atoms with Crippen molar-refractivity contribution in [2.75, 3.05) is 5.73 Å². The monoisotopic (exact) mass is 254 g/mol. The Kier molecular flexibility index (Phi) is 2.93. The lowest BCUT2D eigenvalue weighted by Gasteiger charge is -2.41. The maximum absolute atomic E-state index is 5.83. The van der Waals surface area contributed by atoms with Crippen LogP contribution in [-0.4, -0.2) is 15.0 Å². The predicted octanol–water partition coefficient (Wildman–Crippen LogP) is 2.49. The third-order valence-electron chi connectivity index (χ3n) is 3.98. The van der Waals surface area contributed by atoms with Crippen LogP contribution in [0.3, 0.4) is 0 Å². The Bertz CT molecular complexity index is 576. The van der Waals surface area contributed by atoms with Crippen LogP contribution in [0.15, 0.2) is 30.3 Å². The third-order valence-corrected chi connectivity index (χ3v) is 3.98. The lowest BCUT2D eigenvalue weighted by atomic mass is 9.64. The molecule has 1 heterocycles. The number of nitrogens with zero attached hydrogens (tertiary/aromatic N) is 3. The van der Waals surface area contributed by atoms with E-state index in [2.05, 4.69) is 39.2 Å². The van der Waals surface area contributed by atoms with Gasteiger partial charge in [0.25, 0.3) is 0 Å². The third kappa shape index (κ3) is 1.97. The van der Waals surface area contributed by atoms with E-state index in [-0.39, 0.29) is 5.41 Å². The molecule has 1 aromatic heterocycles. The van der Waals surface area contributed by atoms with Gasteiger partial charge in [0, 0.05) is 6.42 Å². The van der Waals surface area contributed by atoms with E-state index < -0.39 is 0 Å². The summed E-state index contributed by atoms with van der Waals surface area (Å²) in [4.78, 5) is 13.2. The highest BCUT2D eigenvalue weighted by Crippen LogP contribution is 2.47. The summed E-state index contributed by atoms with van der Waals surface area (Å²) in [5, 5.41) is 0. The number of rotatable bonds is 3. The fourth-order valence-corrected chi connectivity index (χ4v) is 2.74. The second kappa shape index (κ2) is 4.61. The second-order valence-corrected chi connectivity index (χ2v) is 5.09. The van der Waals surface area contributed by atoms with E-state index in [1.54, 1.807) is 0 Å². The summed E-state index contributed by atoms with van der Waals surface area (Å²) in [5.74, 6) is 1.96. The zero-order chi connectivity index (χ0) is 13.3. The smallest absolute Gasteiger partial charge is 0.223 e. The minimum absolute atomic E-state index is 0.0533. The van der Waals surface area contributed by atoms with Gasteiger partial charge in [-0.25, -0.2) is 4.98 Å². The number of nitrogen functional groups attached to an aromatic ring is 1. The highest BCUT2D eigenvalue weighted by atomic mass is 15.1. The number of hydrogen-bond acceptors (Lipinski definition) is 4. The summed E-state index contributed by atoms with van der Waals surface area (Å²) in [6, 6.07) is 10.5. The molecule has 0 unspecified atom stereocenters. The van der Waals surface area contributed by atoms with E-state index >= 15 is 0 Å². The van der Waals surface area contributed by atoms with Crippen LogP contribution in [0.5, 0.6) is 0 Å². The van der Waals surface area contributed by atoms with Crippen molar-refractivity contribution < 1.29 is 0 Å². The van der Waals surface area contributed by atoms with Gasteiger partial charge in [-0.15, -0.1) is 0 Å². The van der Waals surface area contributed by atoms with Crippen LogP contribution in [0.4, 0.5) is 5.95 Å².